The summed E-state index contributed by atoms with van der Waals surface area (Å²) in [6.45, 7) is 0.768. The second-order valence-corrected chi connectivity index (χ2v) is 4.98. The summed E-state index contributed by atoms with van der Waals surface area (Å²) in [5.41, 5.74) is 7.13. The Kier molecular flexibility index (Phi) is 2.40. The Morgan fingerprint density at radius 2 is 2.50 bits per heavy atom. The molecule has 0 spiro atoms. The second kappa shape index (κ2) is 3.36. The highest BCUT2D eigenvalue weighted by Crippen LogP contribution is 2.38. The predicted molar refractivity (Wildman–Crippen MR) is 54.1 cm³/mol. The molecule has 0 saturated carbocycles. The Hall–Kier alpha value is -0.0500. The molecule has 2 N–H and O–H groups in total. The minimum Gasteiger partial charge on any atom is -0.330 e. The summed E-state index contributed by atoms with van der Waals surface area (Å²) in [4.78, 5) is 1.44. The van der Waals surface area contributed by atoms with Crippen LogP contribution in [-0.2, 0) is 6.42 Å². The fraction of sp³-hybridized carbons (Fsp3) is 0.556. The Labute approximate surface area is 81.5 Å². The van der Waals surface area contributed by atoms with E-state index in [1.54, 1.807) is 11.3 Å². The van der Waals surface area contributed by atoms with Crippen molar-refractivity contribution >= 4 is 22.9 Å². The molecule has 0 amide bonds. The number of nitrogens with two attached hydrogens (primary N) is 1. The summed E-state index contributed by atoms with van der Waals surface area (Å²) < 4.78 is 0.917. The maximum absolute atomic E-state index is 5.95. The molecule has 1 aromatic heterocycles. The number of aryl methyl sites for hydroxylation is 1. The van der Waals surface area contributed by atoms with Crippen LogP contribution in [0.1, 0.15) is 29.2 Å². The lowest BCUT2D eigenvalue weighted by atomic mass is 9.90. The van der Waals surface area contributed by atoms with Crippen LogP contribution in [0.15, 0.2) is 6.07 Å². The minimum atomic E-state index is 0.575. The fourth-order valence-corrected chi connectivity index (χ4v) is 3.31. The topological polar surface area (TPSA) is 26.0 Å². The third-order valence-corrected chi connectivity index (χ3v) is 3.93. The van der Waals surface area contributed by atoms with Gasteiger partial charge in [-0.25, -0.2) is 0 Å². The van der Waals surface area contributed by atoms with E-state index in [2.05, 4.69) is 6.07 Å². The van der Waals surface area contributed by atoms with E-state index in [1.807, 2.05) is 0 Å². The third kappa shape index (κ3) is 1.39. The van der Waals surface area contributed by atoms with E-state index >= 15 is 0 Å². The molecule has 0 saturated heterocycles. The summed E-state index contributed by atoms with van der Waals surface area (Å²) >= 11 is 7.66. The highest BCUT2D eigenvalue weighted by molar-refractivity contribution is 7.16. The van der Waals surface area contributed by atoms with Gasteiger partial charge >= 0.3 is 0 Å². The van der Waals surface area contributed by atoms with Crippen molar-refractivity contribution in [1.82, 2.24) is 0 Å². The van der Waals surface area contributed by atoms with Gasteiger partial charge in [0, 0.05) is 10.8 Å². The highest BCUT2D eigenvalue weighted by Gasteiger charge is 2.21. The first-order valence-corrected chi connectivity index (χ1v) is 5.49. The van der Waals surface area contributed by atoms with E-state index < -0.39 is 0 Å². The van der Waals surface area contributed by atoms with Crippen molar-refractivity contribution in [3.63, 3.8) is 0 Å². The van der Waals surface area contributed by atoms with Crippen LogP contribution in [0.5, 0.6) is 0 Å². The Morgan fingerprint density at radius 1 is 1.67 bits per heavy atom. The van der Waals surface area contributed by atoms with Crippen LogP contribution >= 0.6 is 22.9 Å². The van der Waals surface area contributed by atoms with Gasteiger partial charge in [0.05, 0.1) is 4.34 Å². The van der Waals surface area contributed by atoms with Gasteiger partial charge < -0.3 is 5.73 Å². The number of thiophene rings is 1. The van der Waals surface area contributed by atoms with Crippen molar-refractivity contribution in [2.75, 3.05) is 6.54 Å². The standard InChI is InChI=1S/C9H12ClNS/c10-8-4-6-2-1-3-7(5-11)9(6)12-8/h4,7H,1-3,5,11H2. The molecule has 0 aliphatic heterocycles. The van der Waals surface area contributed by atoms with Gasteiger partial charge in [-0.05, 0) is 37.4 Å². The molecule has 0 aromatic carbocycles. The molecule has 1 nitrogen and oxygen atoms in total. The molecule has 0 radical (unpaired) electrons. The van der Waals surface area contributed by atoms with Crippen LogP contribution in [-0.4, -0.2) is 6.54 Å². The van der Waals surface area contributed by atoms with Crippen LogP contribution in [0, 0.1) is 0 Å². The van der Waals surface area contributed by atoms with Crippen LogP contribution in [0.4, 0.5) is 0 Å². The van der Waals surface area contributed by atoms with Gasteiger partial charge in [0.1, 0.15) is 0 Å². The highest BCUT2D eigenvalue weighted by atomic mass is 35.5. The van der Waals surface area contributed by atoms with Crippen LogP contribution in [0.3, 0.4) is 0 Å². The van der Waals surface area contributed by atoms with Crippen LogP contribution in [0.25, 0.3) is 0 Å². The molecule has 1 unspecified atom stereocenters. The first kappa shape index (κ1) is 8.54. The van der Waals surface area contributed by atoms with Crippen molar-refractivity contribution in [2.24, 2.45) is 5.73 Å². The van der Waals surface area contributed by atoms with Crippen molar-refractivity contribution in [3.05, 3.63) is 20.8 Å². The van der Waals surface area contributed by atoms with Crippen molar-refractivity contribution in [1.29, 1.82) is 0 Å². The van der Waals surface area contributed by atoms with E-state index in [-0.39, 0.29) is 0 Å². The van der Waals surface area contributed by atoms with Gasteiger partial charge in [0.25, 0.3) is 0 Å². The quantitative estimate of drug-likeness (QED) is 0.743. The summed E-state index contributed by atoms with van der Waals surface area (Å²) in [6.07, 6.45) is 3.69. The fourth-order valence-electron chi connectivity index (χ4n) is 1.84. The lowest BCUT2D eigenvalue weighted by Crippen LogP contribution is -2.16. The zero-order chi connectivity index (χ0) is 8.55. The lowest BCUT2D eigenvalue weighted by Gasteiger charge is -2.19. The predicted octanol–water partition coefficient (Wildman–Crippen LogP) is 2.78. The molecule has 0 bridgehead atoms. The van der Waals surface area contributed by atoms with Gasteiger partial charge in [-0.15, -0.1) is 11.3 Å². The maximum Gasteiger partial charge on any atom is 0.0934 e. The van der Waals surface area contributed by atoms with E-state index in [9.17, 15) is 0 Å². The number of rotatable bonds is 1. The molecule has 0 fully saturated rings. The third-order valence-electron chi connectivity index (χ3n) is 2.47. The Morgan fingerprint density at radius 3 is 3.25 bits per heavy atom. The summed E-state index contributed by atoms with van der Waals surface area (Å²) in [6, 6.07) is 2.10. The first-order chi connectivity index (χ1) is 5.81. The smallest absolute Gasteiger partial charge is 0.0934 e. The molecule has 1 aromatic rings. The normalized spacial score (nSPS) is 22.3. The largest absolute Gasteiger partial charge is 0.330 e. The van der Waals surface area contributed by atoms with Crippen molar-refractivity contribution < 1.29 is 0 Å². The molecule has 1 aliphatic carbocycles. The first-order valence-electron chi connectivity index (χ1n) is 4.29. The molecule has 1 aliphatic rings. The lowest BCUT2D eigenvalue weighted by molar-refractivity contribution is 0.571. The van der Waals surface area contributed by atoms with Crippen LogP contribution in [0.2, 0.25) is 4.34 Å². The average Bonchev–Trinajstić information content (AvgIpc) is 2.44. The Bertz CT molecular complexity index is 282. The van der Waals surface area contributed by atoms with E-state index in [4.69, 9.17) is 17.3 Å². The summed E-state index contributed by atoms with van der Waals surface area (Å²) in [5, 5.41) is 0. The molecular formula is C9H12ClNS. The SMILES string of the molecule is NCC1CCCc2cc(Cl)sc21. The number of fused-ring (bicyclic) bond motifs is 1. The molecule has 3 heteroatoms. The average molecular weight is 202 g/mol. The van der Waals surface area contributed by atoms with Gasteiger partial charge in [-0.2, -0.15) is 0 Å². The van der Waals surface area contributed by atoms with Crippen molar-refractivity contribution in [3.8, 4) is 0 Å². The molecule has 2 rings (SSSR count). The number of hydrogen-bond donors (Lipinski definition) is 1. The second-order valence-electron chi connectivity index (χ2n) is 3.26. The summed E-state index contributed by atoms with van der Waals surface area (Å²) in [5.74, 6) is 0.575. The van der Waals surface area contributed by atoms with E-state index in [0.717, 1.165) is 10.9 Å². The van der Waals surface area contributed by atoms with Gasteiger partial charge in [-0.1, -0.05) is 11.6 Å². The van der Waals surface area contributed by atoms with Gasteiger partial charge in [0.2, 0.25) is 0 Å². The van der Waals surface area contributed by atoms with E-state index in [1.165, 1.54) is 29.7 Å². The maximum atomic E-state index is 5.95. The van der Waals surface area contributed by atoms with Crippen LogP contribution < -0.4 is 5.73 Å². The van der Waals surface area contributed by atoms with E-state index in [0.29, 0.717) is 5.92 Å². The van der Waals surface area contributed by atoms with Gasteiger partial charge in [-0.3, -0.25) is 0 Å². The minimum absolute atomic E-state index is 0.575. The zero-order valence-corrected chi connectivity index (χ0v) is 8.42. The Balaban J connectivity index is 2.36. The van der Waals surface area contributed by atoms with Crippen molar-refractivity contribution in [2.45, 2.75) is 25.2 Å². The molecular weight excluding hydrogens is 190 g/mol. The molecule has 1 heterocycles. The van der Waals surface area contributed by atoms with Gasteiger partial charge in [0.15, 0.2) is 0 Å². The molecule has 1 atom stereocenters. The number of halogens is 1. The molecule has 66 valence electrons. The number of hydrogen-bond acceptors (Lipinski definition) is 2. The zero-order valence-electron chi connectivity index (χ0n) is 6.85. The summed E-state index contributed by atoms with van der Waals surface area (Å²) in [7, 11) is 0. The monoisotopic (exact) mass is 201 g/mol. The molecule has 12 heavy (non-hydrogen) atoms.